The van der Waals surface area contributed by atoms with Gasteiger partial charge in [0.05, 0.1) is 11.5 Å². The average Bonchev–Trinajstić information content (AvgIpc) is 2.81. The van der Waals surface area contributed by atoms with Crippen molar-refractivity contribution in [1.29, 1.82) is 0 Å². The Hall–Kier alpha value is -2.83. The first-order valence-electron chi connectivity index (χ1n) is 5.85. The highest BCUT2D eigenvalue weighted by Crippen LogP contribution is 2.26. The Bertz CT molecular complexity index is 663. The summed E-state index contributed by atoms with van der Waals surface area (Å²) in [6, 6.07) is 7.49. The Morgan fingerprint density at radius 2 is 2.15 bits per heavy atom. The molecule has 0 aliphatic heterocycles. The number of benzene rings is 1. The van der Waals surface area contributed by atoms with E-state index in [2.05, 4.69) is 5.32 Å². The average molecular weight is 275 g/mol. The molecule has 7 nitrogen and oxygen atoms in total. The number of amides is 1. The van der Waals surface area contributed by atoms with Crippen LogP contribution in [-0.4, -0.2) is 10.8 Å². The van der Waals surface area contributed by atoms with Gasteiger partial charge in [-0.1, -0.05) is 0 Å². The minimum atomic E-state index is -0.642. The maximum Gasteiger partial charge on any atom is 0.292 e. The first-order chi connectivity index (χ1) is 9.47. The summed E-state index contributed by atoms with van der Waals surface area (Å²) in [5.74, 6) is 0.750. The largest absolute Gasteiger partial charge is 0.465 e. The van der Waals surface area contributed by atoms with Gasteiger partial charge in [0.1, 0.15) is 17.2 Å². The number of primary amides is 1. The van der Waals surface area contributed by atoms with Gasteiger partial charge in [0.25, 0.3) is 5.69 Å². The van der Waals surface area contributed by atoms with Crippen molar-refractivity contribution in [3.8, 4) is 0 Å². The number of aryl methyl sites for hydroxylation is 1. The first kappa shape index (κ1) is 13.6. The summed E-state index contributed by atoms with van der Waals surface area (Å²) in [6.45, 7) is 2.08. The standard InChI is InChI=1S/C13H13N3O4/c1-8-2-4-10(20-8)7-15-11-6-9(13(14)17)3-5-12(11)16(18)19/h2-6,15H,7H2,1H3,(H2,14,17). The monoisotopic (exact) mass is 275 g/mol. The maximum atomic E-state index is 11.1. The predicted molar refractivity (Wildman–Crippen MR) is 72.4 cm³/mol. The summed E-state index contributed by atoms with van der Waals surface area (Å²) < 4.78 is 5.36. The van der Waals surface area contributed by atoms with Gasteiger partial charge in [0, 0.05) is 11.6 Å². The Morgan fingerprint density at radius 3 is 2.70 bits per heavy atom. The molecule has 1 heterocycles. The fourth-order valence-electron chi connectivity index (χ4n) is 1.75. The van der Waals surface area contributed by atoms with Crippen molar-refractivity contribution in [3.05, 3.63) is 57.5 Å². The van der Waals surface area contributed by atoms with Gasteiger partial charge >= 0.3 is 0 Å². The Kier molecular flexibility index (Phi) is 3.69. The zero-order valence-corrected chi connectivity index (χ0v) is 10.8. The lowest BCUT2D eigenvalue weighted by molar-refractivity contribution is -0.384. The molecule has 0 fully saturated rings. The van der Waals surface area contributed by atoms with Crippen molar-refractivity contribution >= 4 is 17.3 Å². The predicted octanol–water partition coefficient (Wildman–Crippen LogP) is 2.21. The molecular formula is C13H13N3O4. The number of rotatable bonds is 5. The van der Waals surface area contributed by atoms with Crippen molar-refractivity contribution in [3.63, 3.8) is 0 Å². The number of anilines is 1. The van der Waals surface area contributed by atoms with Crippen LogP contribution in [0.1, 0.15) is 21.9 Å². The highest BCUT2D eigenvalue weighted by Gasteiger charge is 2.16. The van der Waals surface area contributed by atoms with Crippen LogP contribution >= 0.6 is 0 Å². The molecule has 0 unspecified atom stereocenters. The zero-order valence-electron chi connectivity index (χ0n) is 10.8. The van der Waals surface area contributed by atoms with E-state index in [0.717, 1.165) is 5.76 Å². The van der Waals surface area contributed by atoms with Gasteiger partial charge in [-0.15, -0.1) is 0 Å². The molecule has 0 saturated heterocycles. The van der Waals surface area contributed by atoms with E-state index < -0.39 is 10.8 Å². The third-order valence-corrected chi connectivity index (χ3v) is 2.73. The van der Waals surface area contributed by atoms with Crippen LogP contribution in [0.3, 0.4) is 0 Å². The topological polar surface area (TPSA) is 111 Å². The van der Waals surface area contributed by atoms with Gasteiger partial charge < -0.3 is 15.5 Å². The number of nitro benzene ring substituents is 1. The SMILES string of the molecule is Cc1ccc(CNc2cc(C(N)=O)ccc2[N+](=O)[O-])o1. The van der Waals surface area contributed by atoms with Gasteiger partial charge in [0.2, 0.25) is 5.91 Å². The molecule has 0 bridgehead atoms. The smallest absolute Gasteiger partial charge is 0.292 e. The van der Waals surface area contributed by atoms with E-state index in [0.29, 0.717) is 5.76 Å². The molecule has 0 radical (unpaired) electrons. The number of nitrogens with zero attached hydrogens (tertiary/aromatic N) is 1. The van der Waals surface area contributed by atoms with Gasteiger partial charge in [-0.05, 0) is 31.2 Å². The Morgan fingerprint density at radius 1 is 1.40 bits per heavy atom. The van der Waals surface area contributed by atoms with Crippen molar-refractivity contribution in [2.75, 3.05) is 5.32 Å². The summed E-state index contributed by atoms with van der Waals surface area (Å²) in [4.78, 5) is 21.5. The summed E-state index contributed by atoms with van der Waals surface area (Å²) in [7, 11) is 0. The normalized spacial score (nSPS) is 10.2. The molecule has 0 aliphatic carbocycles. The van der Waals surface area contributed by atoms with Crippen LogP contribution in [0.25, 0.3) is 0 Å². The number of nitro groups is 1. The molecule has 1 aromatic heterocycles. The second kappa shape index (κ2) is 5.43. The van der Waals surface area contributed by atoms with Crippen molar-refractivity contribution < 1.29 is 14.1 Å². The molecule has 2 aromatic rings. The molecule has 0 aliphatic rings. The quantitative estimate of drug-likeness (QED) is 0.641. The molecular weight excluding hydrogens is 262 g/mol. The number of carbonyl (C=O) groups excluding carboxylic acids is 1. The second-order valence-corrected chi connectivity index (χ2v) is 4.22. The van der Waals surface area contributed by atoms with Crippen LogP contribution in [0.2, 0.25) is 0 Å². The van der Waals surface area contributed by atoms with Gasteiger partial charge in [-0.3, -0.25) is 14.9 Å². The van der Waals surface area contributed by atoms with Crippen LogP contribution in [0.4, 0.5) is 11.4 Å². The zero-order chi connectivity index (χ0) is 14.7. The fraction of sp³-hybridized carbons (Fsp3) is 0.154. The molecule has 20 heavy (non-hydrogen) atoms. The number of furan rings is 1. The second-order valence-electron chi connectivity index (χ2n) is 4.22. The molecule has 1 aromatic carbocycles. The number of hydrogen-bond acceptors (Lipinski definition) is 5. The summed E-state index contributed by atoms with van der Waals surface area (Å²) in [5.41, 5.74) is 5.46. The van der Waals surface area contributed by atoms with Gasteiger partial charge in [0.15, 0.2) is 0 Å². The molecule has 1 amide bonds. The molecule has 0 atom stereocenters. The third-order valence-electron chi connectivity index (χ3n) is 2.73. The Balaban J connectivity index is 2.25. The van der Waals surface area contributed by atoms with Gasteiger partial charge in [-0.25, -0.2) is 0 Å². The van der Waals surface area contributed by atoms with Crippen molar-refractivity contribution in [1.82, 2.24) is 0 Å². The summed E-state index contributed by atoms with van der Waals surface area (Å²) >= 11 is 0. The fourth-order valence-corrected chi connectivity index (χ4v) is 1.75. The van der Waals surface area contributed by atoms with Crippen molar-refractivity contribution in [2.45, 2.75) is 13.5 Å². The van der Waals surface area contributed by atoms with Crippen LogP contribution in [0.15, 0.2) is 34.7 Å². The number of carbonyl (C=O) groups is 1. The van der Waals surface area contributed by atoms with E-state index in [1.807, 2.05) is 0 Å². The molecule has 0 saturated carbocycles. The van der Waals surface area contributed by atoms with Crippen LogP contribution in [0, 0.1) is 17.0 Å². The number of nitrogens with one attached hydrogen (secondary N) is 1. The van der Waals surface area contributed by atoms with E-state index in [4.69, 9.17) is 10.2 Å². The summed E-state index contributed by atoms with van der Waals surface area (Å²) in [6.07, 6.45) is 0. The lowest BCUT2D eigenvalue weighted by Crippen LogP contribution is -2.12. The van der Waals surface area contributed by atoms with E-state index in [1.165, 1.54) is 18.2 Å². The van der Waals surface area contributed by atoms with Crippen LogP contribution < -0.4 is 11.1 Å². The van der Waals surface area contributed by atoms with E-state index in [-0.39, 0.29) is 23.5 Å². The van der Waals surface area contributed by atoms with Gasteiger partial charge in [-0.2, -0.15) is 0 Å². The van der Waals surface area contributed by atoms with Crippen LogP contribution in [0.5, 0.6) is 0 Å². The lowest BCUT2D eigenvalue weighted by atomic mass is 10.1. The molecule has 3 N–H and O–H groups in total. The summed E-state index contributed by atoms with van der Waals surface area (Å²) in [5, 5.41) is 13.8. The highest BCUT2D eigenvalue weighted by atomic mass is 16.6. The number of nitrogens with two attached hydrogens (primary N) is 1. The first-order valence-corrected chi connectivity index (χ1v) is 5.85. The third kappa shape index (κ3) is 2.94. The minimum absolute atomic E-state index is 0.127. The molecule has 7 heteroatoms. The maximum absolute atomic E-state index is 11.1. The van der Waals surface area contributed by atoms with Crippen molar-refractivity contribution in [2.24, 2.45) is 5.73 Å². The Labute approximate surface area is 114 Å². The van der Waals surface area contributed by atoms with E-state index in [1.54, 1.807) is 19.1 Å². The van der Waals surface area contributed by atoms with E-state index >= 15 is 0 Å². The molecule has 0 spiro atoms. The molecule has 2 rings (SSSR count). The van der Waals surface area contributed by atoms with E-state index in [9.17, 15) is 14.9 Å². The molecule has 104 valence electrons. The number of hydrogen-bond donors (Lipinski definition) is 2. The lowest BCUT2D eigenvalue weighted by Gasteiger charge is -2.07. The highest BCUT2D eigenvalue weighted by molar-refractivity contribution is 5.94. The minimum Gasteiger partial charge on any atom is -0.465 e. The van der Waals surface area contributed by atoms with Crippen LogP contribution in [-0.2, 0) is 6.54 Å².